The Morgan fingerprint density at radius 1 is 1.41 bits per heavy atom. The topological polar surface area (TPSA) is 24.5 Å². The molecule has 1 fully saturated rings. The Balaban J connectivity index is 1.91. The van der Waals surface area contributed by atoms with Gasteiger partial charge in [-0.1, -0.05) is 12.1 Å². The van der Waals surface area contributed by atoms with Crippen LogP contribution >= 0.6 is 0 Å². The Labute approximate surface area is 103 Å². The van der Waals surface area contributed by atoms with E-state index in [-0.39, 0.29) is 0 Å². The van der Waals surface area contributed by atoms with E-state index < -0.39 is 0 Å². The van der Waals surface area contributed by atoms with Crippen molar-refractivity contribution in [1.29, 1.82) is 0 Å². The number of likely N-dealkylation sites (N-methyl/N-ethyl adjacent to an activating group) is 1. The van der Waals surface area contributed by atoms with Crippen molar-refractivity contribution in [2.75, 3.05) is 31.7 Å². The van der Waals surface area contributed by atoms with Gasteiger partial charge in [-0.05, 0) is 36.6 Å². The van der Waals surface area contributed by atoms with Gasteiger partial charge in [0.25, 0.3) is 0 Å². The van der Waals surface area contributed by atoms with Crippen LogP contribution in [0.15, 0.2) is 18.2 Å². The summed E-state index contributed by atoms with van der Waals surface area (Å²) in [5, 5.41) is 3.47. The average molecular weight is 232 g/mol. The summed E-state index contributed by atoms with van der Waals surface area (Å²) in [6.07, 6.45) is 2.30. The standard InChI is InChI=1S/C14H20N2O/c1-16(12-6-8-17-10-12)14-4-2-3-11-5-7-15-9-13(11)14/h2-4,12,15H,5-10H2,1H3. The summed E-state index contributed by atoms with van der Waals surface area (Å²) in [5.41, 5.74) is 4.37. The summed E-state index contributed by atoms with van der Waals surface area (Å²) < 4.78 is 5.49. The molecule has 3 rings (SSSR count). The normalized spacial score (nSPS) is 23.5. The van der Waals surface area contributed by atoms with E-state index in [0.29, 0.717) is 6.04 Å². The number of rotatable bonds is 2. The van der Waals surface area contributed by atoms with Crippen LogP contribution in [0.2, 0.25) is 0 Å². The first-order valence-electron chi connectivity index (χ1n) is 6.48. The number of ether oxygens (including phenoxy) is 1. The second-order valence-corrected chi connectivity index (χ2v) is 4.97. The van der Waals surface area contributed by atoms with Crippen molar-refractivity contribution in [3.05, 3.63) is 29.3 Å². The van der Waals surface area contributed by atoms with Crippen LogP contribution in [0, 0.1) is 0 Å². The van der Waals surface area contributed by atoms with E-state index in [4.69, 9.17) is 4.74 Å². The number of nitrogens with zero attached hydrogens (tertiary/aromatic N) is 1. The molecule has 3 heteroatoms. The zero-order valence-electron chi connectivity index (χ0n) is 10.4. The van der Waals surface area contributed by atoms with Crippen molar-refractivity contribution >= 4 is 5.69 Å². The van der Waals surface area contributed by atoms with Crippen molar-refractivity contribution in [2.24, 2.45) is 0 Å². The smallest absolute Gasteiger partial charge is 0.0670 e. The zero-order chi connectivity index (χ0) is 11.7. The fraction of sp³-hybridized carbons (Fsp3) is 0.571. The fourth-order valence-corrected chi connectivity index (χ4v) is 2.85. The van der Waals surface area contributed by atoms with Gasteiger partial charge in [-0.15, -0.1) is 0 Å². The largest absolute Gasteiger partial charge is 0.379 e. The molecular formula is C14H20N2O. The molecule has 0 radical (unpaired) electrons. The molecule has 1 aromatic rings. The molecule has 2 aliphatic rings. The van der Waals surface area contributed by atoms with Crippen molar-refractivity contribution in [2.45, 2.75) is 25.4 Å². The summed E-state index contributed by atoms with van der Waals surface area (Å²) in [6, 6.07) is 7.23. The van der Waals surface area contributed by atoms with Crippen LogP contribution < -0.4 is 10.2 Å². The van der Waals surface area contributed by atoms with Gasteiger partial charge in [0.05, 0.1) is 12.6 Å². The molecule has 3 nitrogen and oxygen atoms in total. The average Bonchev–Trinajstić information content (AvgIpc) is 2.91. The molecule has 0 aromatic heterocycles. The maximum atomic E-state index is 5.49. The Bertz CT molecular complexity index is 399. The number of anilines is 1. The van der Waals surface area contributed by atoms with Gasteiger partial charge in [-0.2, -0.15) is 0 Å². The first-order valence-corrected chi connectivity index (χ1v) is 6.48. The van der Waals surface area contributed by atoms with Gasteiger partial charge in [-0.3, -0.25) is 0 Å². The number of fused-ring (bicyclic) bond motifs is 1. The molecule has 0 spiro atoms. The van der Waals surface area contributed by atoms with Crippen LogP contribution in [0.25, 0.3) is 0 Å². The van der Waals surface area contributed by atoms with Gasteiger partial charge in [0.1, 0.15) is 0 Å². The Morgan fingerprint density at radius 2 is 2.35 bits per heavy atom. The van der Waals surface area contributed by atoms with Crippen molar-refractivity contribution in [3.63, 3.8) is 0 Å². The van der Waals surface area contributed by atoms with E-state index in [9.17, 15) is 0 Å². The molecule has 1 unspecified atom stereocenters. The first-order chi connectivity index (χ1) is 8.36. The molecule has 0 amide bonds. The lowest BCUT2D eigenvalue weighted by Crippen LogP contribution is -2.34. The van der Waals surface area contributed by atoms with E-state index in [1.54, 1.807) is 0 Å². The predicted molar refractivity (Wildman–Crippen MR) is 69.5 cm³/mol. The van der Waals surface area contributed by atoms with Crippen molar-refractivity contribution in [3.8, 4) is 0 Å². The molecular weight excluding hydrogens is 212 g/mol. The fourth-order valence-electron chi connectivity index (χ4n) is 2.85. The number of nitrogens with one attached hydrogen (secondary N) is 1. The maximum absolute atomic E-state index is 5.49. The van der Waals surface area contributed by atoms with Crippen LogP contribution in [0.4, 0.5) is 5.69 Å². The minimum atomic E-state index is 0.545. The molecule has 1 N–H and O–H groups in total. The second kappa shape index (κ2) is 4.67. The van der Waals surface area contributed by atoms with Gasteiger partial charge < -0.3 is 15.0 Å². The van der Waals surface area contributed by atoms with E-state index >= 15 is 0 Å². The summed E-state index contributed by atoms with van der Waals surface area (Å²) >= 11 is 0. The lowest BCUT2D eigenvalue weighted by molar-refractivity contribution is 0.193. The first kappa shape index (κ1) is 11.1. The summed E-state index contributed by atoms with van der Waals surface area (Å²) in [5.74, 6) is 0. The summed E-state index contributed by atoms with van der Waals surface area (Å²) in [6.45, 7) is 3.88. The van der Waals surface area contributed by atoms with Crippen LogP contribution in [0.1, 0.15) is 17.5 Å². The summed E-state index contributed by atoms with van der Waals surface area (Å²) in [4.78, 5) is 2.40. The number of benzene rings is 1. The molecule has 0 bridgehead atoms. The van der Waals surface area contributed by atoms with Gasteiger partial charge >= 0.3 is 0 Å². The number of hydrogen-bond donors (Lipinski definition) is 1. The lowest BCUT2D eigenvalue weighted by Gasteiger charge is -2.30. The second-order valence-electron chi connectivity index (χ2n) is 4.97. The highest BCUT2D eigenvalue weighted by atomic mass is 16.5. The molecule has 92 valence electrons. The third-order valence-corrected chi connectivity index (χ3v) is 3.95. The van der Waals surface area contributed by atoms with E-state index in [1.807, 2.05) is 0 Å². The van der Waals surface area contributed by atoms with Crippen LogP contribution in [-0.2, 0) is 17.7 Å². The third kappa shape index (κ3) is 2.05. The monoisotopic (exact) mass is 232 g/mol. The molecule has 1 aromatic carbocycles. The molecule has 0 saturated carbocycles. The number of hydrogen-bond acceptors (Lipinski definition) is 3. The molecule has 2 aliphatic heterocycles. The van der Waals surface area contributed by atoms with Gasteiger partial charge in [0.15, 0.2) is 0 Å². The van der Waals surface area contributed by atoms with Gasteiger partial charge in [0.2, 0.25) is 0 Å². The van der Waals surface area contributed by atoms with Gasteiger partial charge in [-0.25, -0.2) is 0 Å². The lowest BCUT2D eigenvalue weighted by atomic mass is 9.98. The predicted octanol–water partition coefficient (Wildman–Crippen LogP) is 1.56. The highest BCUT2D eigenvalue weighted by molar-refractivity contribution is 5.57. The molecule has 2 heterocycles. The Hall–Kier alpha value is -1.06. The van der Waals surface area contributed by atoms with Crippen molar-refractivity contribution < 1.29 is 4.74 Å². The Morgan fingerprint density at radius 3 is 3.18 bits per heavy atom. The minimum Gasteiger partial charge on any atom is -0.379 e. The molecule has 0 aliphatic carbocycles. The van der Waals surface area contributed by atoms with E-state index in [0.717, 1.165) is 39.1 Å². The quantitative estimate of drug-likeness (QED) is 0.837. The molecule has 17 heavy (non-hydrogen) atoms. The van der Waals surface area contributed by atoms with E-state index in [2.05, 4.69) is 35.5 Å². The zero-order valence-corrected chi connectivity index (χ0v) is 10.4. The minimum absolute atomic E-state index is 0.545. The van der Waals surface area contributed by atoms with Crippen LogP contribution in [0.5, 0.6) is 0 Å². The van der Waals surface area contributed by atoms with Crippen LogP contribution in [-0.4, -0.2) is 32.8 Å². The highest BCUT2D eigenvalue weighted by Crippen LogP contribution is 2.28. The molecule has 1 atom stereocenters. The highest BCUT2D eigenvalue weighted by Gasteiger charge is 2.23. The Kier molecular flexibility index (Phi) is 3.04. The van der Waals surface area contributed by atoms with E-state index in [1.165, 1.54) is 16.8 Å². The maximum Gasteiger partial charge on any atom is 0.0670 e. The molecule has 1 saturated heterocycles. The summed E-state index contributed by atoms with van der Waals surface area (Å²) in [7, 11) is 2.20. The third-order valence-electron chi connectivity index (χ3n) is 3.95. The van der Waals surface area contributed by atoms with Gasteiger partial charge in [0, 0.05) is 25.9 Å². The van der Waals surface area contributed by atoms with Crippen LogP contribution in [0.3, 0.4) is 0 Å². The van der Waals surface area contributed by atoms with Crippen molar-refractivity contribution in [1.82, 2.24) is 5.32 Å². The SMILES string of the molecule is CN(c1cccc2c1CNCC2)C1CCOC1.